The largest absolute Gasteiger partial charge is 0.484 e. The molecule has 1 aliphatic rings. The van der Waals surface area contributed by atoms with Crippen LogP contribution >= 0.6 is 0 Å². The maximum atomic E-state index is 11.8. The van der Waals surface area contributed by atoms with Gasteiger partial charge in [0.1, 0.15) is 11.3 Å². The van der Waals surface area contributed by atoms with Crippen LogP contribution in [0.3, 0.4) is 0 Å². The van der Waals surface area contributed by atoms with E-state index in [0.717, 1.165) is 36.6 Å². The molecule has 7 nitrogen and oxygen atoms in total. The lowest BCUT2D eigenvalue weighted by atomic mass is 10.1. The lowest BCUT2D eigenvalue weighted by molar-refractivity contribution is -0.122. The van der Waals surface area contributed by atoms with Crippen LogP contribution in [-0.4, -0.2) is 24.6 Å². The number of imide groups is 1. The van der Waals surface area contributed by atoms with Gasteiger partial charge in [-0.05, 0) is 37.5 Å². The van der Waals surface area contributed by atoms with Crippen molar-refractivity contribution in [2.75, 3.05) is 6.61 Å². The lowest BCUT2D eigenvalue weighted by Crippen LogP contribution is -2.45. The van der Waals surface area contributed by atoms with Crippen molar-refractivity contribution in [2.45, 2.75) is 38.6 Å². The summed E-state index contributed by atoms with van der Waals surface area (Å²) in [5, 5.41) is 5.81. The van der Waals surface area contributed by atoms with Gasteiger partial charge >= 0.3 is 11.7 Å². The van der Waals surface area contributed by atoms with Gasteiger partial charge in [0.2, 0.25) is 0 Å². The van der Waals surface area contributed by atoms with Crippen LogP contribution in [0.5, 0.6) is 5.75 Å². The topological polar surface area (TPSA) is 97.6 Å². The van der Waals surface area contributed by atoms with E-state index in [-0.39, 0.29) is 12.6 Å². The molecule has 0 spiro atoms. The van der Waals surface area contributed by atoms with Crippen LogP contribution in [-0.2, 0) is 4.79 Å². The number of nitrogens with one attached hydrogen (secondary N) is 2. The Balaban J connectivity index is 1.55. The van der Waals surface area contributed by atoms with Crippen molar-refractivity contribution in [3.63, 3.8) is 0 Å². The molecule has 1 heterocycles. The molecule has 25 heavy (non-hydrogen) atoms. The van der Waals surface area contributed by atoms with Crippen molar-refractivity contribution < 1.29 is 18.7 Å². The number of amides is 3. The number of carbonyl (C=O) groups is 2. The molecular weight excluding hydrogens is 324 g/mol. The predicted molar refractivity (Wildman–Crippen MR) is 91.6 cm³/mol. The average molecular weight is 344 g/mol. The van der Waals surface area contributed by atoms with Crippen molar-refractivity contribution in [3.05, 3.63) is 40.2 Å². The van der Waals surface area contributed by atoms with E-state index in [0.29, 0.717) is 11.3 Å². The second kappa shape index (κ2) is 7.38. The van der Waals surface area contributed by atoms with Gasteiger partial charge in [-0.25, -0.2) is 9.59 Å². The Labute approximate surface area is 144 Å². The summed E-state index contributed by atoms with van der Waals surface area (Å²) in [6.45, 7) is 1.51. The number of urea groups is 1. The number of ether oxygens (including phenoxy) is 1. The fourth-order valence-corrected chi connectivity index (χ4v) is 3.00. The van der Waals surface area contributed by atoms with Gasteiger partial charge in [-0.3, -0.25) is 10.1 Å². The highest BCUT2D eigenvalue weighted by molar-refractivity contribution is 5.95. The molecule has 0 unspecified atom stereocenters. The number of aryl methyl sites for hydroxylation is 1. The molecule has 1 fully saturated rings. The molecule has 1 aliphatic carbocycles. The van der Waals surface area contributed by atoms with Gasteiger partial charge in [-0.15, -0.1) is 0 Å². The third-order valence-electron chi connectivity index (χ3n) is 4.24. The summed E-state index contributed by atoms with van der Waals surface area (Å²) in [6.07, 6.45) is 4.08. The Bertz CT molecular complexity index is 852. The van der Waals surface area contributed by atoms with Crippen molar-refractivity contribution in [3.8, 4) is 5.75 Å². The van der Waals surface area contributed by atoms with E-state index in [1.807, 2.05) is 6.92 Å². The minimum atomic E-state index is -0.540. The van der Waals surface area contributed by atoms with E-state index in [4.69, 9.17) is 9.15 Å². The van der Waals surface area contributed by atoms with E-state index in [1.165, 1.54) is 6.07 Å². The van der Waals surface area contributed by atoms with Gasteiger partial charge in [-0.1, -0.05) is 12.8 Å². The van der Waals surface area contributed by atoms with Crippen molar-refractivity contribution in [1.29, 1.82) is 0 Å². The molecule has 0 bridgehead atoms. The maximum Gasteiger partial charge on any atom is 0.336 e. The van der Waals surface area contributed by atoms with Crippen molar-refractivity contribution in [2.24, 2.45) is 0 Å². The minimum Gasteiger partial charge on any atom is -0.484 e. The molecule has 7 heteroatoms. The number of fused-ring (bicyclic) bond motifs is 1. The normalized spacial score (nSPS) is 14.4. The monoisotopic (exact) mass is 344 g/mol. The first-order valence-corrected chi connectivity index (χ1v) is 8.29. The van der Waals surface area contributed by atoms with E-state index in [9.17, 15) is 14.4 Å². The summed E-state index contributed by atoms with van der Waals surface area (Å²) in [4.78, 5) is 35.0. The first-order chi connectivity index (χ1) is 12.0. The highest BCUT2D eigenvalue weighted by atomic mass is 16.5. The predicted octanol–water partition coefficient (Wildman–Crippen LogP) is 2.25. The Morgan fingerprint density at radius 1 is 1.24 bits per heavy atom. The molecule has 0 aliphatic heterocycles. The quantitative estimate of drug-likeness (QED) is 0.829. The molecule has 0 atom stereocenters. The molecule has 132 valence electrons. The van der Waals surface area contributed by atoms with E-state index in [1.54, 1.807) is 18.2 Å². The van der Waals surface area contributed by atoms with Crippen LogP contribution in [0.25, 0.3) is 11.0 Å². The molecule has 3 rings (SSSR count). The van der Waals surface area contributed by atoms with Crippen LogP contribution in [0, 0.1) is 6.92 Å². The smallest absolute Gasteiger partial charge is 0.336 e. The Hall–Kier alpha value is -2.83. The van der Waals surface area contributed by atoms with Crippen molar-refractivity contribution in [1.82, 2.24) is 10.6 Å². The summed E-state index contributed by atoms with van der Waals surface area (Å²) in [7, 11) is 0. The number of hydrogen-bond acceptors (Lipinski definition) is 5. The van der Waals surface area contributed by atoms with Crippen molar-refractivity contribution >= 4 is 22.9 Å². The fraction of sp³-hybridized carbons (Fsp3) is 0.389. The first-order valence-electron chi connectivity index (χ1n) is 8.29. The third-order valence-corrected chi connectivity index (χ3v) is 4.24. The minimum absolute atomic E-state index is 0.139. The van der Waals surface area contributed by atoms with Crippen LogP contribution in [0.4, 0.5) is 4.79 Å². The summed E-state index contributed by atoms with van der Waals surface area (Å²) in [5.74, 6) is -0.158. The third kappa shape index (κ3) is 4.37. The molecular formula is C18H20N2O5. The Morgan fingerprint density at radius 2 is 2.00 bits per heavy atom. The van der Waals surface area contributed by atoms with Crippen LogP contribution in [0.2, 0.25) is 0 Å². The van der Waals surface area contributed by atoms with Gasteiger partial charge in [0.25, 0.3) is 5.91 Å². The first kappa shape index (κ1) is 17.0. The number of hydrogen-bond donors (Lipinski definition) is 2. The summed E-state index contributed by atoms with van der Waals surface area (Å²) < 4.78 is 10.5. The summed E-state index contributed by atoms with van der Waals surface area (Å²) in [6, 6.07) is 6.05. The molecule has 0 radical (unpaired) electrons. The molecule has 1 saturated carbocycles. The molecule has 3 amide bonds. The molecule has 1 aromatic carbocycles. The fourth-order valence-electron chi connectivity index (χ4n) is 3.00. The number of rotatable bonds is 4. The van der Waals surface area contributed by atoms with Gasteiger partial charge in [0, 0.05) is 23.6 Å². The number of benzene rings is 1. The summed E-state index contributed by atoms with van der Waals surface area (Å²) >= 11 is 0. The number of carbonyl (C=O) groups excluding carboxylic acids is 2. The van der Waals surface area contributed by atoms with Crippen LogP contribution < -0.4 is 21.0 Å². The Kier molecular flexibility index (Phi) is 5.02. The van der Waals surface area contributed by atoms with Gasteiger partial charge in [0.05, 0.1) is 0 Å². The van der Waals surface area contributed by atoms with Gasteiger partial charge in [0.15, 0.2) is 6.61 Å². The van der Waals surface area contributed by atoms with E-state index in [2.05, 4.69) is 10.6 Å². The van der Waals surface area contributed by atoms with E-state index < -0.39 is 17.6 Å². The molecule has 2 N–H and O–H groups in total. The zero-order chi connectivity index (χ0) is 17.8. The molecule has 2 aromatic rings. The van der Waals surface area contributed by atoms with Gasteiger partial charge < -0.3 is 14.5 Å². The highest BCUT2D eigenvalue weighted by Crippen LogP contribution is 2.22. The van der Waals surface area contributed by atoms with Gasteiger partial charge in [-0.2, -0.15) is 0 Å². The zero-order valence-corrected chi connectivity index (χ0v) is 14.0. The molecule has 0 saturated heterocycles. The average Bonchev–Trinajstić information content (AvgIpc) is 3.05. The zero-order valence-electron chi connectivity index (χ0n) is 14.0. The second-order valence-electron chi connectivity index (χ2n) is 6.20. The standard InChI is InChI=1S/C18H20N2O5/c1-11-8-17(22)25-15-9-13(6-7-14(11)15)24-10-16(21)20-18(23)19-12-4-2-3-5-12/h6-9,12H,2-5,10H2,1H3,(H2,19,20,21,23). The molecule has 1 aromatic heterocycles. The van der Waals surface area contributed by atoms with E-state index >= 15 is 0 Å². The maximum absolute atomic E-state index is 11.8. The second-order valence-corrected chi connectivity index (χ2v) is 6.20. The van der Waals surface area contributed by atoms with Crippen LogP contribution in [0.15, 0.2) is 33.5 Å². The SMILES string of the molecule is Cc1cc(=O)oc2cc(OCC(=O)NC(=O)NC3CCCC3)ccc12. The Morgan fingerprint density at radius 3 is 2.76 bits per heavy atom. The highest BCUT2D eigenvalue weighted by Gasteiger charge is 2.18. The lowest BCUT2D eigenvalue weighted by Gasteiger charge is -2.12. The summed E-state index contributed by atoms with van der Waals surface area (Å²) in [5.41, 5.74) is 0.754. The van der Waals surface area contributed by atoms with Crippen LogP contribution in [0.1, 0.15) is 31.2 Å².